The number of aromatic nitrogens is 3. The van der Waals surface area contributed by atoms with E-state index in [4.69, 9.17) is 9.26 Å². The fourth-order valence-electron chi connectivity index (χ4n) is 2.27. The second-order valence-electron chi connectivity index (χ2n) is 5.62. The highest BCUT2D eigenvalue weighted by Crippen LogP contribution is 2.21. The standard InChI is InChI=1S/C18H19N5O3/c1-23(12-16(24)20-11-13-4-3-9-19-10-13)18-21-17(22-26-18)14-5-7-15(25-2)8-6-14/h3-10H,11-12H2,1-2H3,(H,20,24). The fourth-order valence-corrected chi connectivity index (χ4v) is 2.27. The zero-order chi connectivity index (χ0) is 18.4. The van der Waals surface area contributed by atoms with Crippen LogP contribution in [0.3, 0.4) is 0 Å². The summed E-state index contributed by atoms with van der Waals surface area (Å²) in [4.78, 5) is 22.0. The minimum atomic E-state index is -0.152. The van der Waals surface area contributed by atoms with E-state index in [1.165, 1.54) is 0 Å². The van der Waals surface area contributed by atoms with Gasteiger partial charge in [-0.15, -0.1) is 0 Å². The van der Waals surface area contributed by atoms with Gasteiger partial charge < -0.3 is 19.5 Å². The van der Waals surface area contributed by atoms with E-state index in [2.05, 4.69) is 20.4 Å². The van der Waals surface area contributed by atoms with E-state index in [1.807, 2.05) is 36.4 Å². The predicted octanol–water partition coefficient (Wildman–Crippen LogP) is 1.89. The zero-order valence-electron chi connectivity index (χ0n) is 14.5. The lowest BCUT2D eigenvalue weighted by molar-refractivity contribution is -0.119. The molecule has 0 atom stereocenters. The first-order valence-corrected chi connectivity index (χ1v) is 8.00. The number of amides is 1. The van der Waals surface area contributed by atoms with Crippen LogP contribution in [0.2, 0.25) is 0 Å². The van der Waals surface area contributed by atoms with Gasteiger partial charge in [-0.2, -0.15) is 4.98 Å². The first kappa shape index (κ1) is 17.4. The highest BCUT2D eigenvalue weighted by molar-refractivity contribution is 5.80. The number of nitrogens with zero attached hydrogens (tertiary/aromatic N) is 4. The molecule has 0 unspecified atom stereocenters. The third-order valence-electron chi connectivity index (χ3n) is 3.68. The third kappa shape index (κ3) is 4.35. The quantitative estimate of drug-likeness (QED) is 0.693. The highest BCUT2D eigenvalue weighted by Gasteiger charge is 2.15. The molecule has 1 aromatic carbocycles. The van der Waals surface area contributed by atoms with Crippen LogP contribution in [0, 0.1) is 0 Å². The van der Waals surface area contributed by atoms with Crippen molar-refractivity contribution in [3.05, 3.63) is 54.4 Å². The number of rotatable bonds is 7. The summed E-state index contributed by atoms with van der Waals surface area (Å²) >= 11 is 0. The summed E-state index contributed by atoms with van der Waals surface area (Å²) in [5.41, 5.74) is 1.73. The average molecular weight is 353 g/mol. The molecule has 8 heteroatoms. The molecular weight excluding hydrogens is 334 g/mol. The van der Waals surface area contributed by atoms with Gasteiger partial charge in [0, 0.05) is 31.5 Å². The first-order valence-electron chi connectivity index (χ1n) is 8.00. The molecule has 2 heterocycles. The van der Waals surface area contributed by atoms with E-state index < -0.39 is 0 Å². The number of carbonyl (C=O) groups excluding carboxylic acids is 1. The van der Waals surface area contributed by atoms with Crippen LogP contribution in [0.5, 0.6) is 5.75 Å². The van der Waals surface area contributed by atoms with E-state index >= 15 is 0 Å². The van der Waals surface area contributed by atoms with E-state index in [1.54, 1.807) is 31.5 Å². The summed E-state index contributed by atoms with van der Waals surface area (Å²) in [5.74, 6) is 1.05. The number of nitrogens with one attached hydrogen (secondary N) is 1. The van der Waals surface area contributed by atoms with Gasteiger partial charge in [-0.3, -0.25) is 9.78 Å². The lowest BCUT2D eigenvalue weighted by atomic mass is 10.2. The number of hydrogen-bond acceptors (Lipinski definition) is 7. The number of pyridine rings is 1. The Balaban J connectivity index is 1.57. The van der Waals surface area contributed by atoms with E-state index in [0.717, 1.165) is 16.9 Å². The molecule has 0 radical (unpaired) electrons. The van der Waals surface area contributed by atoms with Crippen LogP contribution in [0.15, 0.2) is 53.3 Å². The molecule has 0 aliphatic heterocycles. The van der Waals surface area contributed by atoms with Gasteiger partial charge in [0.1, 0.15) is 12.3 Å². The van der Waals surface area contributed by atoms with Gasteiger partial charge in [0.25, 0.3) is 0 Å². The molecule has 3 rings (SSSR count). The Morgan fingerprint density at radius 2 is 2.08 bits per heavy atom. The summed E-state index contributed by atoms with van der Waals surface area (Å²) in [7, 11) is 3.32. The van der Waals surface area contributed by atoms with Crippen LogP contribution in [0.25, 0.3) is 11.4 Å². The minimum Gasteiger partial charge on any atom is -0.497 e. The number of methoxy groups -OCH3 is 1. The zero-order valence-corrected chi connectivity index (χ0v) is 14.5. The van der Waals surface area contributed by atoms with Crippen LogP contribution in [0.4, 0.5) is 6.01 Å². The van der Waals surface area contributed by atoms with Crippen molar-refractivity contribution in [2.75, 3.05) is 25.6 Å². The van der Waals surface area contributed by atoms with Crippen molar-refractivity contribution >= 4 is 11.9 Å². The van der Waals surface area contributed by atoms with Crippen LogP contribution in [-0.2, 0) is 11.3 Å². The van der Waals surface area contributed by atoms with Crippen LogP contribution in [-0.4, -0.2) is 41.7 Å². The lowest BCUT2D eigenvalue weighted by Gasteiger charge is -2.13. The smallest absolute Gasteiger partial charge is 0.324 e. The summed E-state index contributed by atoms with van der Waals surface area (Å²) < 4.78 is 10.4. The number of carbonyl (C=O) groups is 1. The summed E-state index contributed by atoms with van der Waals surface area (Å²) in [6, 6.07) is 11.3. The van der Waals surface area contributed by atoms with Crippen molar-refractivity contribution < 1.29 is 14.1 Å². The number of anilines is 1. The van der Waals surface area contributed by atoms with Crippen LogP contribution in [0.1, 0.15) is 5.56 Å². The van der Waals surface area contributed by atoms with Crippen molar-refractivity contribution in [3.63, 3.8) is 0 Å². The lowest BCUT2D eigenvalue weighted by Crippen LogP contribution is -2.35. The summed E-state index contributed by atoms with van der Waals surface area (Å²) in [6.07, 6.45) is 3.40. The Labute approximate surface area is 150 Å². The van der Waals surface area contributed by atoms with E-state index in [-0.39, 0.29) is 18.5 Å². The van der Waals surface area contributed by atoms with Gasteiger partial charge in [-0.1, -0.05) is 11.2 Å². The SMILES string of the molecule is COc1ccc(-c2noc(N(C)CC(=O)NCc3cccnc3)n2)cc1. The number of hydrogen-bond donors (Lipinski definition) is 1. The summed E-state index contributed by atoms with van der Waals surface area (Å²) in [5, 5.41) is 6.78. The maximum atomic E-state index is 12.1. The number of benzene rings is 1. The molecule has 0 aliphatic carbocycles. The van der Waals surface area contributed by atoms with Crippen LogP contribution >= 0.6 is 0 Å². The van der Waals surface area contributed by atoms with Gasteiger partial charge in [0.2, 0.25) is 11.7 Å². The predicted molar refractivity (Wildman–Crippen MR) is 95.6 cm³/mol. The number of likely N-dealkylation sites (N-methyl/N-ethyl adjacent to an activating group) is 1. The molecule has 26 heavy (non-hydrogen) atoms. The van der Waals surface area contributed by atoms with E-state index in [0.29, 0.717) is 12.4 Å². The molecule has 3 aromatic rings. The van der Waals surface area contributed by atoms with Crippen molar-refractivity contribution in [1.29, 1.82) is 0 Å². The molecule has 0 fully saturated rings. The Hall–Kier alpha value is -3.42. The largest absolute Gasteiger partial charge is 0.497 e. The topological polar surface area (TPSA) is 93.4 Å². The molecule has 0 saturated carbocycles. The molecule has 134 valence electrons. The molecule has 8 nitrogen and oxygen atoms in total. The first-order chi connectivity index (χ1) is 12.7. The second-order valence-corrected chi connectivity index (χ2v) is 5.62. The van der Waals surface area contributed by atoms with Crippen molar-refractivity contribution in [2.24, 2.45) is 0 Å². The number of ether oxygens (including phenoxy) is 1. The maximum absolute atomic E-state index is 12.1. The van der Waals surface area contributed by atoms with Crippen LogP contribution < -0.4 is 15.0 Å². The summed E-state index contributed by atoms with van der Waals surface area (Å²) in [6.45, 7) is 0.520. The molecular formula is C18H19N5O3. The third-order valence-corrected chi connectivity index (χ3v) is 3.68. The Morgan fingerprint density at radius 3 is 2.77 bits per heavy atom. The van der Waals surface area contributed by atoms with Crippen molar-refractivity contribution in [3.8, 4) is 17.1 Å². The molecule has 0 aliphatic rings. The van der Waals surface area contributed by atoms with Gasteiger partial charge in [-0.25, -0.2) is 0 Å². The molecule has 2 aromatic heterocycles. The maximum Gasteiger partial charge on any atom is 0.324 e. The minimum absolute atomic E-state index is 0.102. The van der Waals surface area contributed by atoms with Gasteiger partial charge in [-0.05, 0) is 35.9 Å². The normalized spacial score (nSPS) is 10.4. The Bertz CT molecular complexity index is 849. The van der Waals surface area contributed by atoms with Gasteiger partial charge in [0.05, 0.1) is 7.11 Å². The molecule has 0 spiro atoms. The highest BCUT2D eigenvalue weighted by atomic mass is 16.5. The van der Waals surface area contributed by atoms with Crippen molar-refractivity contribution in [2.45, 2.75) is 6.54 Å². The van der Waals surface area contributed by atoms with Crippen molar-refractivity contribution in [1.82, 2.24) is 20.4 Å². The molecule has 1 N–H and O–H groups in total. The molecule has 0 saturated heterocycles. The molecule has 0 bridgehead atoms. The second kappa shape index (κ2) is 8.11. The van der Waals surface area contributed by atoms with Gasteiger partial charge in [0.15, 0.2) is 0 Å². The Kier molecular flexibility index (Phi) is 5.43. The Morgan fingerprint density at radius 1 is 1.27 bits per heavy atom. The monoisotopic (exact) mass is 353 g/mol. The fraction of sp³-hybridized carbons (Fsp3) is 0.222. The van der Waals surface area contributed by atoms with E-state index in [9.17, 15) is 4.79 Å². The van der Waals surface area contributed by atoms with Gasteiger partial charge >= 0.3 is 6.01 Å². The average Bonchev–Trinajstić information content (AvgIpc) is 3.18. The molecule has 1 amide bonds.